The number of anilines is 1. The molecule has 2 nitrogen and oxygen atoms in total. The number of rotatable bonds is 1. The van der Waals surface area contributed by atoms with Crippen molar-refractivity contribution in [2.75, 3.05) is 5.73 Å². The summed E-state index contributed by atoms with van der Waals surface area (Å²) in [7, 11) is 0. The van der Waals surface area contributed by atoms with Gasteiger partial charge >= 0.3 is 0 Å². The minimum atomic E-state index is -0.541. The van der Waals surface area contributed by atoms with Crippen molar-refractivity contribution < 1.29 is 9.18 Å². The van der Waals surface area contributed by atoms with Gasteiger partial charge in [-0.1, -0.05) is 0 Å². The Morgan fingerprint density at radius 3 is 2.67 bits per heavy atom. The van der Waals surface area contributed by atoms with Crippen molar-refractivity contribution in [2.24, 2.45) is 0 Å². The molecule has 0 saturated carbocycles. The Labute approximate surface area is 83.1 Å². The number of ketones is 1. The first-order valence-electron chi connectivity index (χ1n) is 3.28. The summed E-state index contributed by atoms with van der Waals surface area (Å²) in [5.74, 6) is -0.695. The molecule has 2 N–H and O–H groups in total. The van der Waals surface area contributed by atoms with Crippen LogP contribution in [0.25, 0.3) is 0 Å². The van der Waals surface area contributed by atoms with E-state index in [0.717, 1.165) is 0 Å². The fourth-order valence-corrected chi connectivity index (χ4v) is 1.70. The van der Waals surface area contributed by atoms with Crippen LogP contribution < -0.4 is 5.73 Å². The van der Waals surface area contributed by atoms with Gasteiger partial charge in [-0.25, -0.2) is 4.39 Å². The quantitative estimate of drug-likeness (QED) is 0.486. The van der Waals surface area contributed by atoms with Gasteiger partial charge in [-0.05, 0) is 41.6 Å². The van der Waals surface area contributed by atoms with E-state index in [0.29, 0.717) is 9.13 Å². The molecule has 12 heavy (non-hydrogen) atoms. The second-order valence-electron chi connectivity index (χ2n) is 2.41. The van der Waals surface area contributed by atoms with Gasteiger partial charge in [-0.2, -0.15) is 0 Å². The van der Waals surface area contributed by atoms with Crippen LogP contribution in [0.1, 0.15) is 17.3 Å². The largest absolute Gasteiger partial charge is 0.396 e. The van der Waals surface area contributed by atoms with Gasteiger partial charge in [0.2, 0.25) is 0 Å². The zero-order valence-corrected chi connectivity index (χ0v) is 8.55. The predicted molar refractivity (Wildman–Crippen MR) is 53.5 cm³/mol. The lowest BCUT2D eigenvalue weighted by atomic mass is 10.1. The SMILES string of the molecule is CC(=O)c1cc(F)c(N)cc1I. The molecule has 0 aromatic heterocycles. The average Bonchev–Trinajstić information content (AvgIpc) is 1.96. The highest BCUT2D eigenvalue weighted by Crippen LogP contribution is 2.19. The molecular weight excluding hydrogens is 272 g/mol. The third kappa shape index (κ3) is 1.74. The molecule has 0 heterocycles. The molecule has 4 heteroatoms. The summed E-state index contributed by atoms with van der Waals surface area (Å²) >= 11 is 1.95. The smallest absolute Gasteiger partial charge is 0.160 e. The van der Waals surface area contributed by atoms with E-state index >= 15 is 0 Å². The monoisotopic (exact) mass is 279 g/mol. The standard InChI is InChI=1S/C8H7FINO/c1-4(12)5-2-6(9)8(11)3-7(5)10/h2-3H,11H2,1H3. The van der Waals surface area contributed by atoms with Crippen LogP contribution in [-0.2, 0) is 0 Å². The van der Waals surface area contributed by atoms with Crippen LogP contribution >= 0.6 is 22.6 Å². The second-order valence-corrected chi connectivity index (χ2v) is 3.57. The summed E-state index contributed by atoms with van der Waals surface area (Å²) in [5.41, 5.74) is 5.75. The summed E-state index contributed by atoms with van der Waals surface area (Å²) in [6.07, 6.45) is 0. The molecule has 0 aliphatic heterocycles. The highest BCUT2D eigenvalue weighted by molar-refractivity contribution is 14.1. The van der Waals surface area contributed by atoms with E-state index in [1.165, 1.54) is 19.1 Å². The van der Waals surface area contributed by atoms with Gasteiger partial charge in [0.05, 0.1) is 5.69 Å². The lowest BCUT2D eigenvalue weighted by Crippen LogP contribution is -2.00. The van der Waals surface area contributed by atoms with E-state index in [4.69, 9.17) is 5.73 Å². The Balaban J connectivity index is 3.33. The first-order valence-corrected chi connectivity index (χ1v) is 4.35. The number of carbonyl (C=O) groups excluding carboxylic acids is 1. The van der Waals surface area contributed by atoms with Gasteiger partial charge in [0.25, 0.3) is 0 Å². The molecule has 1 aromatic carbocycles. The van der Waals surface area contributed by atoms with Crippen molar-refractivity contribution in [1.29, 1.82) is 0 Å². The minimum Gasteiger partial charge on any atom is -0.396 e. The van der Waals surface area contributed by atoms with Crippen LogP contribution in [0, 0.1) is 9.39 Å². The van der Waals surface area contributed by atoms with E-state index in [1.54, 1.807) is 0 Å². The topological polar surface area (TPSA) is 43.1 Å². The minimum absolute atomic E-state index is 0.0735. The lowest BCUT2D eigenvalue weighted by molar-refractivity contribution is 0.101. The van der Waals surface area contributed by atoms with Gasteiger partial charge in [-0.15, -0.1) is 0 Å². The van der Waals surface area contributed by atoms with Crippen molar-refractivity contribution in [3.05, 3.63) is 27.1 Å². The summed E-state index contributed by atoms with van der Waals surface area (Å²) < 4.78 is 13.5. The van der Waals surface area contributed by atoms with Crippen molar-refractivity contribution in [3.8, 4) is 0 Å². The highest BCUT2D eigenvalue weighted by atomic mass is 127. The summed E-state index contributed by atoms with van der Waals surface area (Å²) in [6.45, 7) is 1.40. The number of hydrogen-bond acceptors (Lipinski definition) is 2. The van der Waals surface area contributed by atoms with Crippen LogP contribution in [0.2, 0.25) is 0 Å². The fourth-order valence-electron chi connectivity index (χ4n) is 0.832. The molecule has 0 bridgehead atoms. The lowest BCUT2D eigenvalue weighted by Gasteiger charge is -2.02. The summed E-state index contributed by atoms with van der Waals surface area (Å²) in [6, 6.07) is 2.62. The van der Waals surface area contributed by atoms with Crippen LogP contribution in [0.4, 0.5) is 10.1 Å². The van der Waals surface area contributed by atoms with E-state index < -0.39 is 5.82 Å². The Kier molecular flexibility index (Phi) is 2.66. The Bertz CT molecular complexity index is 338. The number of benzene rings is 1. The number of nitrogens with two attached hydrogens (primary N) is 1. The first-order chi connectivity index (χ1) is 5.52. The third-order valence-electron chi connectivity index (χ3n) is 1.47. The molecule has 0 aliphatic carbocycles. The molecule has 0 saturated heterocycles. The van der Waals surface area contributed by atoms with Crippen LogP contribution in [0.3, 0.4) is 0 Å². The van der Waals surface area contributed by atoms with Gasteiger partial charge in [0.1, 0.15) is 5.82 Å². The molecule has 0 aliphatic rings. The molecular formula is C8H7FINO. The molecule has 0 atom stereocenters. The van der Waals surface area contributed by atoms with Crippen molar-refractivity contribution in [3.63, 3.8) is 0 Å². The van der Waals surface area contributed by atoms with Crippen LogP contribution in [-0.4, -0.2) is 5.78 Å². The van der Waals surface area contributed by atoms with Crippen molar-refractivity contribution in [1.82, 2.24) is 0 Å². The predicted octanol–water partition coefficient (Wildman–Crippen LogP) is 2.22. The fraction of sp³-hybridized carbons (Fsp3) is 0.125. The van der Waals surface area contributed by atoms with Gasteiger partial charge in [0.15, 0.2) is 5.78 Å². The summed E-state index contributed by atoms with van der Waals surface area (Å²) in [5, 5.41) is 0. The number of carbonyl (C=O) groups is 1. The third-order valence-corrected chi connectivity index (χ3v) is 2.36. The van der Waals surface area contributed by atoms with E-state index in [9.17, 15) is 9.18 Å². The van der Waals surface area contributed by atoms with Crippen LogP contribution in [0.15, 0.2) is 12.1 Å². The van der Waals surface area contributed by atoms with E-state index in [1.807, 2.05) is 22.6 Å². The van der Waals surface area contributed by atoms with Crippen molar-refractivity contribution >= 4 is 34.1 Å². The maximum Gasteiger partial charge on any atom is 0.160 e. The molecule has 0 unspecified atom stereocenters. The molecule has 0 fully saturated rings. The Hall–Kier alpha value is -0.650. The summed E-state index contributed by atoms with van der Waals surface area (Å²) in [4.78, 5) is 10.9. The molecule has 1 aromatic rings. The van der Waals surface area contributed by atoms with E-state index in [2.05, 4.69) is 0 Å². The van der Waals surface area contributed by atoms with Gasteiger partial charge in [0, 0.05) is 9.13 Å². The van der Waals surface area contributed by atoms with E-state index in [-0.39, 0.29) is 11.5 Å². The Morgan fingerprint density at radius 1 is 1.58 bits per heavy atom. The zero-order valence-electron chi connectivity index (χ0n) is 6.40. The molecule has 0 spiro atoms. The number of halogens is 2. The molecule has 0 amide bonds. The average molecular weight is 279 g/mol. The second kappa shape index (κ2) is 3.38. The van der Waals surface area contributed by atoms with Gasteiger partial charge < -0.3 is 5.73 Å². The molecule has 1 rings (SSSR count). The van der Waals surface area contributed by atoms with Crippen LogP contribution in [0.5, 0.6) is 0 Å². The number of Topliss-reactive ketones (excluding diaryl/α,β-unsaturated/α-hetero) is 1. The first kappa shape index (κ1) is 9.44. The van der Waals surface area contributed by atoms with Crippen molar-refractivity contribution in [2.45, 2.75) is 6.92 Å². The maximum atomic E-state index is 12.8. The molecule has 64 valence electrons. The normalized spacial score (nSPS) is 9.92. The highest BCUT2D eigenvalue weighted by Gasteiger charge is 2.08. The maximum absolute atomic E-state index is 12.8. The Morgan fingerprint density at radius 2 is 2.17 bits per heavy atom. The number of hydrogen-bond donors (Lipinski definition) is 1. The zero-order chi connectivity index (χ0) is 9.30. The van der Waals surface area contributed by atoms with Gasteiger partial charge in [-0.3, -0.25) is 4.79 Å². The molecule has 0 radical (unpaired) electrons. The number of nitrogen functional groups attached to an aromatic ring is 1.